The maximum Gasteiger partial charge on any atom is 0.184 e. The predicted octanol–water partition coefficient (Wildman–Crippen LogP) is 2.43. The van der Waals surface area contributed by atoms with E-state index in [4.69, 9.17) is 11.6 Å². The summed E-state index contributed by atoms with van der Waals surface area (Å²) in [5.74, 6) is 0.647. The van der Waals surface area contributed by atoms with Gasteiger partial charge in [-0.1, -0.05) is 53.2 Å². The number of hydrogen-bond acceptors (Lipinski definition) is 5. The van der Waals surface area contributed by atoms with Crippen molar-refractivity contribution < 1.29 is 0 Å². The van der Waals surface area contributed by atoms with Gasteiger partial charge in [-0.2, -0.15) is 0 Å². The van der Waals surface area contributed by atoms with E-state index in [1.165, 1.54) is 11.9 Å². The molecule has 0 amide bonds. The van der Waals surface area contributed by atoms with Crippen LogP contribution in [-0.4, -0.2) is 31.5 Å². The lowest BCUT2D eigenvalue weighted by Crippen LogP contribution is -2.04. The topological polar surface area (TPSA) is 68.5 Å². The molecule has 7 heteroatoms. The summed E-state index contributed by atoms with van der Waals surface area (Å²) in [6, 6.07) is 10.1. The maximum absolute atomic E-state index is 5.49. The molecule has 0 atom stereocenters. The van der Waals surface area contributed by atoms with Crippen LogP contribution in [0.3, 0.4) is 0 Å². The Morgan fingerprint density at radius 1 is 1.19 bits per heavy atom. The molecule has 6 nitrogen and oxygen atoms in total. The second-order valence-corrected chi connectivity index (χ2v) is 4.62. The standard InChI is InChI=1S/C14H13ClN6/c15-7-4-8-16-13-12-14(18-10-17-13)21(20-19-12)9-11-5-2-1-3-6-11/h1-7,10H,8-9H2,(H,16,17,18)/b7-4+. The molecule has 3 rings (SSSR count). The number of nitrogens with zero attached hydrogens (tertiary/aromatic N) is 5. The molecule has 2 aromatic heterocycles. The minimum atomic E-state index is 0.571. The van der Waals surface area contributed by atoms with Gasteiger partial charge >= 0.3 is 0 Å². The number of halogens is 1. The van der Waals surface area contributed by atoms with Crippen LogP contribution in [0.2, 0.25) is 0 Å². The van der Waals surface area contributed by atoms with E-state index in [9.17, 15) is 0 Å². The molecule has 0 radical (unpaired) electrons. The van der Waals surface area contributed by atoms with Crippen molar-refractivity contribution in [1.29, 1.82) is 0 Å². The molecular formula is C14H13ClN6. The summed E-state index contributed by atoms with van der Waals surface area (Å²) in [7, 11) is 0. The summed E-state index contributed by atoms with van der Waals surface area (Å²) in [5.41, 5.74) is 3.95. The van der Waals surface area contributed by atoms with Crippen molar-refractivity contribution in [3.8, 4) is 0 Å². The molecule has 0 unspecified atom stereocenters. The van der Waals surface area contributed by atoms with Gasteiger partial charge in [-0.3, -0.25) is 0 Å². The highest BCUT2D eigenvalue weighted by molar-refractivity contribution is 6.25. The molecule has 0 aliphatic heterocycles. The Hall–Kier alpha value is -2.47. The minimum absolute atomic E-state index is 0.571. The molecular weight excluding hydrogens is 288 g/mol. The van der Waals surface area contributed by atoms with Gasteiger partial charge in [-0.25, -0.2) is 14.6 Å². The quantitative estimate of drug-likeness (QED) is 0.784. The Kier molecular flexibility index (Phi) is 4.07. The third-order valence-corrected chi connectivity index (χ3v) is 3.13. The second-order valence-electron chi connectivity index (χ2n) is 4.37. The van der Waals surface area contributed by atoms with E-state index in [0.717, 1.165) is 5.56 Å². The lowest BCUT2D eigenvalue weighted by Gasteiger charge is -2.03. The highest BCUT2D eigenvalue weighted by Crippen LogP contribution is 2.16. The van der Waals surface area contributed by atoms with E-state index in [0.29, 0.717) is 30.1 Å². The molecule has 0 saturated carbocycles. The van der Waals surface area contributed by atoms with Crippen molar-refractivity contribution in [3.05, 3.63) is 53.8 Å². The van der Waals surface area contributed by atoms with E-state index >= 15 is 0 Å². The third-order valence-electron chi connectivity index (χ3n) is 2.95. The Morgan fingerprint density at radius 2 is 2.05 bits per heavy atom. The summed E-state index contributed by atoms with van der Waals surface area (Å²) in [6.45, 7) is 1.19. The Morgan fingerprint density at radius 3 is 2.86 bits per heavy atom. The highest BCUT2D eigenvalue weighted by Gasteiger charge is 2.11. The predicted molar refractivity (Wildman–Crippen MR) is 82.1 cm³/mol. The Labute approximate surface area is 126 Å². The summed E-state index contributed by atoms with van der Waals surface area (Å²) in [5, 5.41) is 11.4. The number of aromatic nitrogens is 5. The van der Waals surface area contributed by atoms with Crippen molar-refractivity contribution in [3.63, 3.8) is 0 Å². The molecule has 0 bridgehead atoms. The molecule has 0 aliphatic carbocycles. The van der Waals surface area contributed by atoms with E-state index in [1.807, 2.05) is 30.3 Å². The van der Waals surface area contributed by atoms with Gasteiger partial charge in [0.25, 0.3) is 0 Å². The van der Waals surface area contributed by atoms with E-state index in [2.05, 4.69) is 25.6 Å². The monoisotopic (exact) mass is 300 g/mol. The van der Waals surface area contributed by atoms with Crippen molar-refractivity contribution in [2.75, 3.05) is 11.9 Å². The summed E-state index contributed by atoms with van der Waals surface area (Å²) >= 11 is 5.49. The zero-order chi connectivity index (χ0) is 14.5. The van der Waals surface area contributed by atoms with Crippen LogP contribution in [0.4, 0.5) is 5.82 Å². The van der Waals surface area contributed by atoms with Gasteiger partial charge in [0, 0.05) is 12.1 Å². The van der Waals surface area contributed by atoms with Gasteiger partial charge in [0.05, 0.1) is 6.54 Å². The Bertz CT molecular complexity index is 753. The molecule has 1 aromatic carbocycles. The molecule has 2 heterocycles. The lowest BCUT2D eigenvalue weighted by molar-refractivity contribution is 0.664. The van der Waals surface area contributed by atoms with Crippen LogP contribution in [0.5, 0.6) is 0 Å². The normalized spacial score (nSPS) is 11.3. The number of nitrogens with one attached hydrogen (secondary N) is 1. The van der Waals surface area contributed by atoms with Crippen molar-refractivity contribution in [2.45, 2.75) is 6.54 Å². The van der Waals surface area contributed by atoms with E-state index < -0.39 is 0 Å². The van der Waals surface area contributed by atoms with Crippen LogP contribution in [0, 0.1) is 0 Å². The third kappa shape index (κ3) is 3.00. The van der Waals surface area contributed by atoms with Gasteiger partial charge in [-0.15, -0.1) is 5.10 Å². The smallest absolute Gasteiger partial charge is 0.184 e. The van der Waals surface area contributed by atoms with Crippen molar-refractivity contribution in [2.24, 2.45) is 0 Å². The summed E-state index contributed by atoms with van der Waals surface area (Å²) in [4.78, 5) is 8.45. The van der Waals surface area contributed by atoms with Crippen LogP contribution < -0.4 is 5.32 Å². The first-order valence-electron chi connectivity index (χ1n) is 6.45. The molecule has 0 aliphatic rings. The van der Waals surface area contributed by atoms with Gasteiger partial charge in [0.15, 0.2) is 17.0 Å². The van der Waals surface area contributed by atoms with E-state index in [1.54, 1.807) is 10.8 Å². The number of benzene rings is 1. The fourth-order valence-electron chi connectivity index (χ4n) is 1.98. The van der Waals surface area contributed by atoms with Gasteiger partial charge in [0.2, 0.25) is 0 Å². The molecule has 0 fully saturated rings. The van der Waals surface area contributed by atoms with Crippen molar-refractivity contribution in [1.82, 2.24) is 25.0 Å². The molecule has 21 heavy (non-hydrogen) atoms. The van der Waals surface area contributed by atoms with Crippen molar-refractivity contribution >= 4 is 28.6 Å². The largest absolute Gasteiger partial charge is 0.365 e. The SMILES string of the molecule is Cl/C=C/CNc1ncnc2c1nnn2Cc1ccccc1. The maximum atomic E-state index is 5.49. The number of fused-ring (bicyclic) bond motifs is 1. The summed E-state index contributed by atoms with van der Waals surface area (Å²) < 4.78 is 1.76. The van der Waals surface area contributed by atoms with Gasteiger partial charge < -0.3 is 5.32 Å². The number of hydrogen-bond donors (Lipinski definition) is 1. The highest BCUT2D eigenvalue weighted by atomic mass is 35.5. The second kappa shape index (κ2) is 6.32. The average molecular weight is 301 g/mol. The lowest BCUT2D eigenvalue weighted by atomic mass is 10.2. The van der Waals surface area contributed by atoms with E-state index in [-0.39, 0.29) is 0 Å². The van der Waals surface area contributed by atoms with Gasteiger partial charge in [-0.05, 0) is 5.56 Å². The zero-order valence-corrected chi connectivity index (χ0v) is 11.9. The molecule has 0 saturated heterocycles. The van der Waals surface area contributed by atoms with Crippen LogP contribution in [0.15, 0.2) is 48.3 Å². The molecule has 1 N–H and O–H groups in total. The molecule has 106 valence electrons. The van der Waals surface area contributed by atoms with Gasteiger partial charge in [0.1, 0.15) is 6.33 Å². The van der Waals surface area contributed by atoms with Crippen LogP contribution in [0.25, 0.3) is 11.2 Å². The number of anilines is 1. The fourth-order valence-corrected chi connectivity index (χ4v) is 2.07. The average Bonchev–Trinajstić information content (AvgIpc) is 2.93. The zero-order valence-electron chi connectivity index (χ0n) is 11.1. The first-order chi connectivity index (χ1) is 10.4. The summed E-state index contributed by atoms with van der Waals surface area (Å²) in [6.07, 6.45) is 3.28. The van der Waals surface area contributed by atoms with Crippen LogP contribution in [0.1, 0.15) is 5.56 Å². The molecule has 3 aromatic rings. The van der Waals surface area contributed by atoms with Crippen LogP contribution in [-0.2, 0) is 6.54 Å². The first kappa shape index (κ1) is 13.5. The number of rotatable bonds is 5. The Balaban J connectivity index is 1.90. The molecule has 0 spiro atoms. The minimum Gasteiger partial charge on any atom is -0.365 e. The fraction of sp³-hybridized carbons (Fsp3) is 0.143. The van der Waals surface area contributed by atoms with Crippen LogP contribution >= 0.6 is 11.6 Å². The first-order valence-corrected chi connectivity index (χ1v) is 6.89.